The van der Waals surface area contributed by atoms with Crippen LogP contribution >= 0.6 is 11.6 Å². The number of benzene rings is 1. The molecule has 0 amide bonds. The van der Waals surface area contributed by atoms with Crippen LogP contribution in [0.5, 0.6) is 5.75 Å². The Morgan fingerprint density at radius 3 is 2.47 bits per heavy atom. The maximum absolute atomic E-state index is 6.09. The smallest absolute Gasteiger partial charge is 0.122 e. The van der Waals surface area contributed by atoms with Crippen LogP contribution in [0.3, 0.4) is 0 Å². The van der Waals surface area contributed by atoms with Crippen LogP contribution < -0.4 is 4.74 Å². The summed E-state index contributed by atoms with van der Waals surface area (Å²) in [6.07, 6.45) is 2.26. The Balaban J connectivity index is 3.11. The fraction of sp³-hybridized carbons (Fsp3) is 0.600. The molecule has 0 heterocycles. The Hall–Kier alpha value is -0.690. The van der Waals surface area contributed by atoms with E-state index in [1.807, 2.05) is 0 Å². The molecule has 0 aliphatic heterocycles. The van der Waals surface area contributed by atoms with Crippen molar-refractivity contribution >= 4 is 11.6 Å². The summed E-state index contributed by atoms with van der Waals surface area (Å²) in [5, 5.41) is 0. The maximum Gasteiger partial charge on any atom is 0.122 e. The molecule has 0 spiro atoms. The minimum Gasteiger partial charge on any atom is -0.496 e. The summed E-state index contributed by atoms with van der Waals surface area (Å²) in [6, 6.07) is 6.47. The van der Waals surface area contributed by atoms with E-state index in [1.54, 1.807) is 7.11 Å². The second kappa shape index (κ2) is 6.90. The van der Waals surface area contributed by atoms with Gasteiger partial charge >= 0.3 is 0 Å². The van der Waals surface area contributed by atoms with E-state index < -0.39 is 0 Å². The van der Waals surface area contributed by atoms with Crippen molar-refractivity contribution in [1.82, 2.24) is 0 Å². The lowest BCUT2D eigenvalue weighted by Crippen LogP contribution is -2.04. The standard InChI is InChI=1S/C15H23ClO/c1-5-6-13(10-16)14-9-12(11(2)3)7-8-15(14)17-4/h7-9,11,13H,5-6,10H2,1-4H3. The molecular formula is C15H23ClO. The van der Waals surface area contributed by atoms with Gasteiger partial charge in [0.15, 0.2) is 0 Å². The van der Waals surface area contributed by atoms with E-state index in [0.717, 1.165) is 18.6 Å². The molecule has 0 radical (unpaired) electrons. The van der Waals surface area contributed by atoms with Gasteiger partial charge in [-0.3, -0.25) is 0 Å². The first-order valence-electron chi connectivity index (χ1n) is 6.37. The Kier molecular flexibility index (Phi) is 5.84. The molecule has 0 saturated heterocycles. The molecule has 0 aliphatic rings. The number of methoxy groups -OCH3 is 1. The third-order valence-corrected chi connectivity index (χ3v) is 3.56. The van der Waals surface area contributed by atoms with Crippen LogP contribution in [0.15, 0.2) is 18.2 Å². The average Bonchev–Trinajstić information content (AvgIpc) is 2.35. The van der Waals surface area contributed by atoms with E-state index >= 15 is 0 Å². The first-order valence-corrected chi connectivity index (χ1v) is 6.91. The van der Waals surface area contributed by atoms with Crippen LogP contribution in [-0.2, 0) is 0 Å². The summed E-state index contributed by atoms with van der Waals surface area (Å²) in [4.78, 5) is 0. The average molecular weight is 255 g/mol. The third kappa shape index (κ3) is 3.64. The summed E-state index contributed by atoms with van der Waals surface area (Å²) < 4.78 is 5.45. The Bertz CT molecular complexity index is 347. The lowest BCUT2D eigenvalue weighted by atomic mass is 9.91. The lowest BCUT2D eigenvalue weighted by molar-refractivity contribution is 0.405. The zero-order valence-electron chi connectivity index (χ0n) is 11.3. The lowest BCUT2D eigenvalue weighted by Gasteiger charge is -2.19. The van der Waals surface area contributed by atoms with Gasteiger partial charge in [-0.05, 0) is 29.5 Å². The number of rotatable bonds is 6. The van der Waals surface area contributed by atoms with Crippen LogP contribution in [0.4, 0.5) is 0 Å². The molecule has 0 N–H and O–H groups in total. The molecule has 96 valence electrons. The molecule has 1 unspecified atom stereocenters. The van der Waals surface area contributed by atoms with Gasteiger partial charge in [-0.25, -0.2) is 0 Å². The third-order valence-electron chi connectivity index (χ3n) is 3.18. The quantitative estimate of drug-likeness (QED) is 0.654. The van der Waals surface area contributed by atoms with Crippen molar-refractivity contribution in [3.05, 3.63) is 29.3 Å². The number of halogens is 1. The minimum absolute atomic E-state index is 0.398. The van der Waals surface area contributed by atoms with E-state index in [4.69, 9.17) is 16.3 Å². The first-order chi connectivity index (χ1) is 8.13. The molecule has 1 aromatic carbocycles. The van der Waals surface area contributed by atoms with Crippen molar-refractivity contribution in [2.24, 2.45) is 0 Å². The number of hydrogen-bond donors (Lipinski definition) is 0. The van der Waals surface area contributed by atoms with Gasteiger partial charge in [0.1, 0.15) is 5.75 Å². The molecular weight excluding hydrogens is 232 g/mol. The largest absolute Gasteiger partial charge is 0.496 e. The Morgan fingerprint density at radius 1 is 1.29 bits per heavy atom. The predicted molar refractivity (Wildman–Crippen MR) is 75.5 cm³/mol. The fourth-order valence-corrected chi connectivity index (χ4v) is 2.42. The van der Waals surface area contributed by atoms with Gasteiger partial charge in [-0.1, -0.05) is 39.3 Å². The molecule has 1 nitrogen and oxygen atoms in total. The highest BCUT2D eigenvalue weighted by atomic mass is 35.5. The molecule has 0 aromatic heterocycles. The first kappa shape index (κ1) is 14.4. The van der Waals surface area contributed by atoms with Gasteiger partial charge in [0.25, 0.3) is 0 Å². The molecule has 17 heavy (non-hydrogen) atoms. The van der Waals surface area contributed by atoms with Crippen molar-refractivity contribution < 1.29 is 4.74 Å². The fourth-order valence-electron chi connectivity index (χ4n) is 2.10. The normalized spacial score (nSPS) is 12.8. The van der Waals surface area contributed by atoms with Crippen molar-refractivity contribution in [2.75, 3.05) is 13.0 Å². The highest BCUT2D eigenvalue weighted by molar-refractivity contribution is 6.18. The van der Waals surface area contributed by atoms with Gasteiger partial charge in [-0.15, -0.1) is 11.6 Å². The Morgan fingerprint density at radius 2 is 2.00 bits per heavy atom. The summed E-state index contributed by atoms with van der Waals surface area (Å²) in [5.41, 5.74) is 2.61. The topological polar surface area (TPSA) is 9.23 Å². The van der Waals surface area contributed by atoms with E-state index in [-0.39, 0.29) is 0 Å². The summed E-state index contributed by atoms with van der Waals surface area (Å²) >= 11 is 6.09. The van der Waals surface area contributed by atoms with Crippen LogP contribution in [0, 0.1) is 0 Å². The number of alkyl halides is 1. The SMILES string of the molecule is CCCC(CCl)c1cc(C(C)C)ccc1OC. The van der Waals surface area contributed by atoms with Gasteiger partial charge in [0.05, 0.1) is 7.11 Å². The number of ether oxygens (including phenoxy) is 1. The predicted octanol–water partition coefficient (Wildman–Crippen LogP) is 4.94. The highest BCUT2D eigenvalue weighted by Crippen LogP contribution is 2.33. The zero-order valence-corrected chi connectivity index (χ0v) is 12.1. The Labute approximate surface area is 110 Å². The summed E-state index contributed by atoms with van der Waals surface area (Å²) in [6.45, 7) is 6.61. The molecule has 1 aromatic rings. The highest BCUT2D eigenvalue weighted by Gasteiger charge is 2.16. The number of hydrogen-bond acceptors (Lipinski definition) is 1. The maximum atomic E-state index is 6.09. The van der Waals surface area contributed by atoms with Crippen LogP contribution in [0.1, 0.15) is 56.6 Å². The molecule has 1 atom stereocenters. The second-order valence-electron chi connectivity index (χ2n) is 4.80. The van der Waals surface area contributed by atoms with E-state index in [1.165, 1.54) is 11.1 Å². The summed E-state index contributed by atoms with van der Waals surface area (Å²) in [5.74, 6) is 2.56. The van der Waals surface area contributed by atoms with Crippen LogP contribution in [-0.4, -0.2) is 13.0 Å². The van der Waals surface area contributed by atoms with E-state index in [0.29, 0.717) is 17.7 Å². The monoisotopic (exact) mass is 254 g/mol. The van der Waals surface area contributed by atoms with Crippen LogP contribution in [0.25, 0.3) is 0 Å². The second-order valence-corrected chi connectivity index (χ2v) is 5.10. The summed E-state index contributed by atoms with van der Waals surface area (Å²) in [7, 11) is 1.73. The molecule has 0 saturated carbocycles. The van der Waals surface area contributed by atoms with Crippen molar-refractivity contribution in [1.29, 1.82) is 0 Å². The van der Waals surface area contributed by atoms with Gasteiger partial charge in [0.2, 0.25) is 0 Å². The van der Waals surface area contributed by atoms with Crippen LogP contribution in [0.2, 0.25) is 0 Å². The molecule has 0 bridgehead atoms. The minimum atomic E-state index is 0.398. The van der Waals surface area contributed by atoms with Crippen molar-refractivity contribution in [3.8, 4) is 5.75 Å². The van der Waals surface area contributed by atoms with E-state index in [9.17, 15) is 0 Å². The zero-order chi connectivity index (χ0) is 12.8. The van der Waals surface area contributed by atoms with Gasteiger partial charge in [0, 0.05) is 11.8 Å². The molecule has 2 heteroatoms. The van der Waals surface area contributed by atoms with Gasteiger partial charge < -0.3 is 4.74 Å². The molecule has 0 fully saturated rings. The van der Waals surface area contributed by atoms with Gasteiger partial charge in [-0.2, -0.15) is 0 Å². The van der Waals surface area contributed by atoms with Crippen molar-refractivity contribution in [3.63, 3.8) is 0 Å². The molecule has 0 aliphatic carbocycles. The van der Waals surface area contributed by atoms with Crippen molar-refractivity contribution in [2.45, 2.75) is 45.4 Å². The molecule has 1 rings (SSSR count). The van der Waals surface area contributed by atoms with E-state index in [2.05, 4.69) is 39.0 Å².